The summed E-state index contributed by atoms with van der Waals surface area (Å²) in [6.45, 7) is 4.33. The first-order valence-corrected chi connectivity index (χ1v) is 4.72. The van der Waals surface area contributed by atoms with Crippen LogP contribution < -0.4 is 0 Å². The van der Waals surface area contributed by atoms with Gasteiger partial charge in [-0.2, -0.15) is 0 Å². The smallest absolute Gasteiger partial charge is 0.334 e. The lowest BCUT2D eigenvalue weighted by Crippen LogP contribution is -2.50. The van der Waals surface area contributed by atoms with Crippen LogP contribution in [0.1, 0.15) is 6.92 Å². The number of carboxylic acids is 1. The van der Waals surface area contributed by atoms with E-state index in [1.165, 1.54) is 0 Å². The highest BCUT2D eigenvalue weighted by atomic mass is 16.5. The Morgan fingerprint density at radius 3 is 3.07 bits per heavy atom. The number of ether oxygens (including phenoxy) is 2. The summed E-state index contributed by atoms with van der Waals surface area (Å²) in [5, 5.41) is 8.78. The Balaban J connectivity index is 2.43. The molecule has 0 amide bonds. The summed E-state index contributed by atoms with van der Waals surface area (Å²) in [6, 6.07) is 0.241. The zero-order valence-corrected chi connectivity index (χ0v) is 8.60. The molecule has 1 aliphatic heterocycles. The van der Waals surface area contributed by atoms with Gasteiger partial charge in [-0.05, 0) is 6.92 Å². The summed E-state index contributed by atoms with van der Waals surface area (Å²) < 4.78 is 10.1. The van der Waals surface area contributed by atoms with Crippen molar-refractivity contribution in [2.24, 2.45) is 0 Å². The SMILES string of the molecule is COCC(C)N1CCOC(C(=O)O)C1. The molecule has 0 spiro atoms. The number of morpholine rings is 1. The van der Waals surface area contributed by atoms with E-state index in [0.717, 1.165) is 6.54 Å². The molecule has 14 heavy (non-hydrogen) atoms. The maximum atomic E-state index is 10.7. The molecular formula is C9H17NO4. The van der Waals surface area contributed by atoms with Gasteiger partial charge in [-0.1, -0.05) is 0 Å². The molecule has 1 fully saturated rings. The molecule has 82 valence electrons. The van der Waals surface area contributed by atoms with Crippen molar-refractivity contribution in [3.8, 4) is 0 Å². The van der Waals surface area contributed by atoms with Crippen LogP contribution in [0.4, 0.5) is 0 Å². The molecule has 0 radical (unpaired) electrons. The van der Waals surface area contributed by atoms with E-state index in [1.807, 2.05) is 6.92 Å². The fourth-order valence-electron chi connectivity index (χ4n) is 1.57. The Morgan fingerprint density at radius 1 is 1.79 bits per heavy atom. The number of carbonyl (C=O) groups is 1. The lowest BCUT2D eigenvalue weighted by atomic mass is 10.2. The summed E-state index contributed by atoms with van der Waals surface area (Å²) in [6.07, 6.45) is -0.692. The summed E-state index contributed by atoms with van der Waals surface area (Å²) in [4.78, 5) is 12.8. The van der Waals surface area contributed by atoms with Crippen LogP contribution in [-0.2, 0) is 14.3 Å². The molecular weight excluding hydrogens is 186 g/mol. The summed E-state index contributed by atoms with van der Waals surface area (Å²) in [7, 11) is 1.64. The van der Waals surface area contributed by atoms with Crippen molar-refractivity contribution in [3.05, 3.63) is 0 Å². The zero-order valence-electron chi connectivity index (χ0n) is 8.60. The van der Waals surface area contributed by atoms with E-state index in [9.17, 15) is 4.79 Å². The molecule has 0 aromatic carbocycles. The van der Waals surface area contributed by atoms with Gasteiger partial charge in [0, 0.05) is 26.2 Å². The van der Waals surface area contributed by atoms with Crippen molar-refractivity contribution in [2.75, 3.05) is 33.4 Å². The molecule has 1 N–H and O–H groups in total. The molecule has 0 aromatic heterocycles. The Morgan fingerprint density at radius 2 is 2.50 bits per heavy atom. The van der Waals surface area contributed by atoms with Crippen LogP contribution in [0.15, 0.2) is 0 Å². The first-order valence-electron chi connectivity index (χ1n) is 4.72. The van der Waals surface area contributed by atoms with Gasteiger partial charge in [0.05, 0.1) is 13.2 Å². The van der Waals surface area contributed by atoms with E-state index < -0.39 is 12.1 Å². The quantitative estimate of drug-likeness (QED) is 0.686. The van der Waals surface area contributed by atoms with Crippen LogP contribution in [0.3, 0.4) is 0 Å². The molecule has 5 nitrogen and oxygen atoms in total. The predicted molar refractivity (Wildman–Crippen MR) is 50.3 cm³/mol. The molecule has 1 rings (SSSR count). The van der Waals surface area contributed by atoms with Crippen molar-refractivity contribution in [2.45, 2.75) is 19.1 Å². The number of nitrogens with zero attached hydrogens (tertiary/aromatic N) is 1. The van der Waals surface area contributed by atoms with E-state index in [0.29, 0.717) is 19.8 Å². The van der Waals surface area contributed by atoms with Gasteiger partial charge < -0.3 is 14.6 Å². The van der Waals surface area contributed by atoms with Crippen LogP contribution in [-0.4, -0.2) is 61.5 Å². The number of rotatable bonds is 4. The second-order valence-electron chi connectivity index (χ2n) is 3.50. The van der Waals surface area contributed by atoms with Gasteiger partial charge in [0.2, 0.25) is 0 Å². The number of aliphatic carboxylic acids is 1. The minimum Gasteiger partial charge on any atom is -0.479 e. The first kappa shape index (κ1) is 11.4. The van der Waals surface area contributed by atoms with Gasteiger partial charge in [-0.25, -0.2) is 4.79 Å². The average Bonchev–Trinajstić information content (AvgIpc) is 2.18. The molecule has 1 saturated heterocycles. The maximum Gasteiger partial charge on any atom is 0.334 e. The van der Waals surface area contributed by atoms with E-state index in [1.54, 1.807) is 7.11 Å². The normalized spacial score (nSPS) is 26.0. The van der Waals surface area contributed by atoms with Crippen LogP contribution in [0, 0.1) is 0 Å². The van der Waals surface area contributed by atoms with Crippen LogP contribution >= 0.6 is 0 Å². The Labute approximate surface area is 83.6 Å². The van der Waals surface area contributed by atoms with Crippen LogP contribution in [0.25, 0.3) is 0 Å². The maximum absolute atomic E-state index is 10.7. The highest BCUT2D eigenvalue weighted by Crippen LogP contribution is 2.09. The van der Waals surface area contributed by atoms with Gasteiger partial charge >= 0.3 is 5.97 Å². The number of hydrogen-bond acceptors (Lipinski definition) is 4. The Hall–Kier alpha value is -0.650. The molecule has 5 heteroatoms. The van der Waals surface area contributed by atoms with Crippen molar-refractivity contribution < 1.29 is 19.4 Å². The monoisotopic (exact) mass is 203 g/mol. The molecule has 2 unspecified atom stereocenters. The molecule has 0 saturated carbocycles. The minimum atomic E-state index is -0.890. The van der Waals surface area contributed by atoms with E-state index in [2.05, 4.69) is 4.90 Å². The van der Waals surface area contributed by atoms with E-state index in [-0.39, 0.29) is 6.04 Å². The average molecular weight is 203 g/mol. The van der Waals surface area contributed by atoms with Crippen molar-refractivity contribution in [1.82, 2.24) is 4.90 Å². The van der Waals surface area contributed by atoms with E-state index >= 15 is 0 Å². The summed E-state index contributed by atoms with van der Waals surface area (Å²) in [5.74, 6) is -0.890. The molecule has 2 atom stereocenters. The minimum absolute atomic E-state index is 0.241. The molecule has 0 aliphatic carbocycles. The second-order valence-corrected chi connectivity index (χ2v) is 3.50. The second kappa shape index (κ2) is 5.29. The van der Waals surface area contributed by atoms with Crippen molar-refractivity contribution in [3.63, 3.8) is 0 Å². The molecule has 0 aromatic rings. The molecule has 1 aliphatic rings. The highest BCUT2D eigenvalue weighted by Gasteiger charge is 2.28. The Bertz CT molecular complexity index is 197. The molecule has 1 heterocycles. The largest absolute Gasteiger partial charge is 0.479 e. The third-order valence-corrected chi connectivity index (χ3v) is 2.40. The lowest BCUT2D eigenvalue weighted by molar-refractivity contribution is -0.157. The summed E-state index contributed by atoms with van der Waals surface area (Å²) >= 11 is 0. The number of hydrogen-bond donors (Lipinski definition) is 1. The van der Waals surface area contributed by atoms with Gasteiger partial charge in [-0.15, -0.1) is 0 Å². The van der Waals surface area contributed by atoms with Gasteiger partial charge in [-0.3, -0.25) is 4.90 Å². The fraction of sp³-hybridized carbons (Fsp3) is 0.889. The molecule has 0 bridgehead atoms. The van der Waals surface area contributed by atoms with Crippen LogP contribution in [0.5, 0.6) is 0 Å². The third kappa shape index (κ3) is 2.94. The topological polar surface area (TPSA) is 59.0 Å². The van der Waals surface area contributed by atoms with Crippen molar-refractivity contribution in [1.29, 1.82) is 0 Å². The number of carboxylic acid groups (broad SMARTS) is 1. The van der Waals surface area contributed by atoms with Gasteiger partial charge in [0.1, 0.15) is 0 Å². The number of methoxy groups -OCH3 is 1. The highest BCUT2D eigenvalue weighted by molar-refractivity contribution is 5.72. The third-order valence-electron chi connectivity index (χ3n) is 2.40. The van der Waals surface area contributed by atoms with Crippen molar-refractivity contribution >= 4 is 5.97 Å². The first-order chi connectivity index (χ1) is 6.65. The lowest BCUT2D eigenvalue weighted by Gasteiger charge is -2.34. The van der Waals surface area contributed by atoms with Crippen LogP contribution in [0.2, 0.25) is 0 Å². The van der Waals surface area contributed by atoms with E-state index in [4.69, 9.17) is 14.6 Å². The fourth-order valence-corrected chi connectivity index (χ4v) is 1.57. The van der Waals surface area contributed by atoms with Gasteiger partial charge in [0.25, 0.3) is 0 Å². The van der Waals surface area contributed by atoms with Gasteiger partial charge in [0.15, 0.2) is 6.10 Å². The Kier molecular flexibility index (Phi) is 4.31. The summed E-state index contributed by atoms with van der Waals surface area (Å²) in [5.41, 5.74) is 0. The zero-order chi connectivity index (χ0) is 10.6. The standard InChI is InChI=1S/C9H17NO4/c1-7(6-13-2)10-3-4-14-8(5-10)9(11)12/h7-8H,3-6H2,1-2H3,(H,11,12). The predicted octanol–water partition coefficient (Wildman–Crippen LogP) is -0.193.